The molecule has 2 amide bonds. The van der Waals surface area contributed by atoms with Gasteiger partial charge >= 0.3 is 0 Å². The van der Waals surface area contributed by atoms with E-state index in [4.69, 9.17) is 34.8 Å². The summed E-state index contributed by atoms with van der Waals surface area (Å²) in [6.45, 7) is 3.12. The number of anilines is 1. The van der Waals surface area contributed by atoms with Gasteiger partial charge in [-0.1, -0.05) is 77.3 Å². The van der Waals surface area contributed by atoms with Crippen LogP contribution >= 0.6 is 34.8 Å². The average molecular weight is 611 g/mol. The maximum atomic E-state index is 14.1. The van der Waals surface area contributed by atoms with Gasteiger partial charge in [0.1, 0.15) is 12.6 Å². The van der Waals surface area contributed by atoms with E-state index in [0.29, 0.717) is 32.7 Å². The van der Waals surface area contributed by atoms with Crippen LogP contribution in [0.4, 0.5) is 5.69 Å². The summed E-state index contributed by atoms with van der Waals surface area (Å²) in [7, 11) is -3.92. The van der Waals surface area contributed by atoms with Gasteiger partial charge in [0, 0.05) is 40.1 Å². The zero-order valence-electron chi connectivity index (χ0n) is 21.8. The lowest BCUT2D eigenvalue weighted by molar-refractivity contribution is -0.140. The number of amides is 2. The van der Waals surface area contributed by atoms with Gasteiger partial charge in [0.25, 0.3) is 0 Å². The number of hydrogen-bond donors (Lipinski definition) is 1. The molecule has 208 valence electrons. The van der Waals surface area contributed by atoms with E-state index in [9.17, 15) is 18.0 Å². The Labute approximate surface area is 244 Å². The number of halogens is 3. The molecule has 0 bridgehead atoms. The predicted molar refractivity (Wildman–Crippen MR) is 158 cm³/mol. The molecule has 3 aromatic carbocycles. The van der Waals surface area contributed by atoms with Crippen LogP contribution in [-0.4, -0.2) is 50.5 Å². The van der Waals surface area contributed by atoms with Crippen molar-refractivity contribution in [2.45, 2.75) is 32.9 Å². The summed E-state index contributed by atoms with van der Waals surface area (Å²) in [6.07, 6.45) is 1.21. The maximum Gasteiger partial charge on any atom is 0.244 e. The first-order valence-electron chi connectivity index (χ1n) is 12.2. The number of rotatable bonds is 11. The quantitative estimate of drug-likeness (QED) is 0.311. The molecule has 11 heteroatoms. The van der Waals surface area contributed by atoms with E-state index in [1.165, 1.54) is 4.90 Å². The number of carbonyl (C=O) groups is 2. The highest BCUT2D eigenvalue weighted by Crippen LogP contribution is 2.30. The van der Waals surface area contributed by atoms with E-state index in [-0.39, 0.29) is 24.6 Å². The molecule has 0 aromatic heterocycles. The molecular formula is C28H30Cl3N3O4S. The highest BCUT2D eigenvalue weighted by molar-refractivity contribution is 7.92. The lowest BCUT2D eigenvalue weighted by Gasteiger charge is -2.34. The number of benzene rings is 3. The Hall–Kier alpha value is -2.78. The van der Waals surface area contributed by atoms with Gasteiger partial charge in [0.05, 0.1) is 11.9 Å². The van der Waals surface area contributed by atoms with E-state index in [0.717, 1.165) is 16.1 Å². The third kappa shape index (κ3) is 7.88. The van der Waals surface area contributed by atoms with Crippen LogP contribution in [0.1, 0.15) is 23.6 Å². The van der Waals surface area contributed by atoms with Crippen molar-refractivity contribution in [3.63, 3.8) is 0 Å². The second-order valence-electron chi connectivity index (χ2n) is 8.98. The smallest absolute Gasteiger partial charge is 0.244 e. The van der Waals surface area contributed by atoms with Crippen molar-refractivity contribution >= 4 is 62.3 Å². The number of hydrogen-bond acceptors (Lipinski definition) is 4. The number of nitrogens with one attached hydrogen (secondary N) is 1. The first-order valence-corrected chi connectivity index (χ1v) is 15.2. The SMILES string of the molecule is CCNC(=O)[C@@H](Cc1ccccc1)N(Cc1c(Cl)cccc1Cl)C(=O)CN(c1cccc(Cl)c1C)S(C)(=O)=O. The van der Waals surface area contributed by atoms with E-state index >= 15 is 0 Å². The summed E-state index contributed by atoms with van der Waals surface area (Å²) in [5, 5.41) is 3.80. The molecule has 0 aliphatic rings. The number of likely N-dealkylation sites (N-methyl/N-ethyl adjacent to an activating group) is 1. The van der Waals surface area contributed by atoms with Gasteiger partial charge in [-0.15, -0.1) is 0 Å². The molecular weight excluding hydrogens is 581 g/mol. The van der Waals surface area contributed by atoms with Gasteiger partial charge in [-0.05, 0) is 49.2 Å². The summed E-state index contributed by atoms with van der Waals surface area (Å²) in [5.41, 5.74) is 2.04. The number of nitrogens with zero attached hydrogens (tertiary/aromatic N) is 2. The van der Waals surface area contributed by atoms with Gasteiger partial charge in [-0.3, -0.25) is 13.9 Å². The van der Waals surface area contributed by atoms with E-state index < -0.39 is 28.5 Å². The minimum Gasteiger partial charge on any atom is -0.355 e. The summed E-state index contributed by atoms with van der Waals surface area (Å²) < 4.78 is 26.8. The number of carbonyl (C=O) groups excluding carboxylic acids is 2. The summed E-state index contributed by atoms with van der Waals surface area (Å²) in [4.78, 5) is 28.8. The minimum absolute atomic E-state index is 0.113. The zero-order valence-corrected chi connectivity index (χ0v) is 24.9. The third-order valence-corrected chi connectivity index (χ3v) is 8.44. The lowest BCUT2D eigenvalue weighted by atomic mass is 10.0. The van der Waals surface area contributed by atoms with Crippen LogP contribution in [0.25, 0.3) is 0 Å². The van der Waals surface area contributed by atoms with Crippen molar-refractivity contribution in [2.24, 2.45) is 0 Å². The molecule has 39 heavy (non-hydrogen) atoms. The van der Waals surface area contributed by atoms with Crippen LogP contribution in [-0.2, 0) is 32.6 Å². The molecule has 1 N–H and O–H groups in total. The van der Waals surface area contributed by atoms with Gasteiger partial charge in [-0.25, -0.2) is 8.42 Å². The Kier molecular flexibility index (Phi) is 10.7. The first kappa shape index (κ1) is 30.8. The largest absolute Gasteiger partial charge is 0.355 e. The molecule has 0 aliphatic heterocycles. The van der Waals surface area contributed by atoms with E-state index in [1.54, 1.807) is 50.2 Å². The Morgan fingerprint density at radius 3 is 2.08 bits per heavy atom. The van der Waals surface area contributed by atoms with Crippen molar-refractivity contribution < 1.29 is 18.0 Å². The van der Waals surface area contributed by atoms with Crippen LogP contribution in [0.3, 0.4) is 0 Å². The summed E-state index contributed by atoms with van der Waals surface area (Å²) >= 11 is 19.2. The minimum atomic E-state index is -3.92. The second-order valence-corrected chi connectivity index (χ2v) is 12.1. The normalized spacial score (nSPS) is 12.1. The van der Waals surface area contributed by atoms with Crippen molar-refractivity contribution in [1.82, 2.24) is 10.2 Å². The topological polar surface area (TPSA) is 86.8 Å². The Balaban J connectivity index is 2.11. The maximum absolute atomic E-state index is 14.1. The number of sulfonamides is 1. The fourth-order valence-electron chi connectivity index (χ4n) is 4.16. The third-order valence-electron chi connectivity index (χ3n) is 6.20. The van der Waals surface area contributed by atoms with Gasteiger partial charge in [0.2, 0.25) is 21.8 Å². The Morgan fingerprint density at radius 2 is 1.49 bits per heavy atom. The van der Waals surface area contributed by atoms with Crippen molar-refractivity contribution in [3.8, 4) is 0 Å². The first-order chi connectivity index (χ1) is 18.4. The van der Waals surface area contributed by atoms with Crippen molar-refractivity contribution in [1.29, 1.82) is 0 Å². The van der Waals surface area contributed by atoms with Gasteiger partial charge < -0.3 is 10.2 Å². The molecule has 0 spiro atoms. The van der Waals surface area contributed by atoms with Crippen molar-refractivity contribution in [3.05, 3.63) is 98.5 Å². The van der Waals surface area contributed by atoms with Crippen LogP contribution in [0.2, 0.25) is 15.1 Å². The molecule has 0 saturated heterocycles. The molecule has 1 atom stereocenters. The molecule has 7 nitrogen and oxygen atoms in total. The predicted octanol–water partition coefficient (Wildman–Crippen LogP) is 5.50. The van der Waals surface area contributed by atoms with Crippen LogP contribution in [0.15, 0.2) is 66.7 Å². The highest BCUT2D eigenvalue weighted by Gasteiger charge is 2.34. The fraction of sp³-hybridized carbons (Fsp3) is 0.286. The van der Waals surface area contributed by atoms with Crippen molar-refractivity contribution in [2.75, 3.05) is 23.7 Å². The Bertz CT molecular complexity index is 1410. The zero-order chi connectivity index (χ0) is 28.7. The average Bonchev–Trinajstić information content (AvgIpc) is 2.88. The molecule has 0 saturated carbocycles. The van der Waals surface area contributed by atoms with E-state index in [1.807, 2.05) is 30.3 Å². The molecule has 0 radical (unpaired) electrons. The second kappa shape index (κ2) is 13.5. The standard InChI is InChI=1S/C28H30Cl3N3O4S/c1-4-32-28(36)26(16-20-10-6-5-7-11-20)33(17-21-23(30)13-8-14-24(21)31)27(35)18-34(39(3,37)38)25-15-9-12-22(29)19(25)2/h5-15,26H,4,16-18H2,1-3H3,(H,32,36)/t26-/m1/s1. The highest BCUT2D eigenvalue weighted by atomic mass is 35.5. The van der Waals surface area contributed by atoms with Gasteiger partial charge in [-0.2, -0.15) is 0 Å². The summed E-state index contributed by atoms with van der Waals surface area (Å²) in [5.74, 6) is -0.995. The lowest BCUT2D eigenvalue weighted by Crippen LogP contribution is -2.53. The Morgan fingerprint density at radius 1 is 0.897 bits per heavy atom. The van der Waals surface area contributed by atoms with Crippen LogP contribution in [0.5, 0.6) is 0 Å². The van der Waals surface area contributed by atoms with E-state index in [2.05, 4.69) is 5.32 Å². The molecule has 0 heterocycles. The van der Waals surface area contributed by atoms with Gasteiger partial charge in [0.15, 0.2) is 0 Å². The van der Waals surface area contributed by atoms with Crippen LogP contribution < -0.4 is 9.62 Å². The monoisotopic (exact) mass is 609 g/mol. The molecule has 0 aliphatic carbocycles. The summed E-state index contributed by atoms with van der Waals surface area (Å²) in [6, 6.07) is 18.1. The molecule has 3 rings (SSSR count). The van der Waals surface area contributed by atoms with Crippen LogP contribution in [0, 0.1) is 6.92 Å². The molecule has 3 aromatic rings. The fourth-order valence-corrected chi connectivity index (χ4v) is 5.75. The molecule has 0 fully saturated rings. The molecule has 0 unspecified atom stereocenters.